The van der Waals surface area contributed by atoms with Gasteiger partial charge in [0, 0.05) is 42.3 Å². The van der Waals surface area contributed by atoms with Gasteiger partial charge in [0.25, 0.3) is 16.8 Å². The number of nitrogens with two attached hydrogens (primary N) is 1. The number of H-pyrrole nitrogens is 1. The molecule has 3 aromatic carbocycles. The van der Waals surface area contributed by atoms with Crippen LogP contribution in [0.5, 0.6) is 0 Å². The van der Waals surface area contributed by atoms with Gasteiger partial charge in [-0.3, -0.25) is 14.4 Å². The second-order valence-corrected chi connectivity index (χ2v) is 7.62. The number of carbonyl (C=O) groups is 1. The third-order valence-electron chi connectivity index (χ3n) is 5.81. The number of hydrogen-bond acceptors (Lipinski definition) is 5. The molecular formula is C23H20N4O3. The molecule has 0 unspecified atom stereocenters. The number of anilines is 2. The monoisotopic (exact) mass is 400 g/mol. The van der Waals surface area contributed by atoms with E-state index in [0.717, 1.165) is 28.5 Å². The summed E-state index contributed by atoms with van der Waals surface area (Å²) < 4.78 is 0. The first-order valence-electron chi connectivity index (χ1n) is 9.81. The molecule has 1 amide bonds. The Balaban J connectivity index is 1.32. The molecule has 0 aliphatic carbocycles. The van der Waals surface area contributed by atoms with Crippen LogP contribution < -0.4 is 26.8 Å². The van der Waals surface area contributed by atoms with Crippen molar-refractivity contribution < 1.29 is 4.79 Å². The molecule has 0 spiro atoms. The third kappa shape index (κ3) is 2.86. The highest BCUT2D eigenvalue weighted by molar-refractivity contribution is 6.06. The predicted octanol–water partition coefficient (Wildman–Crippen LogP) is 1.84. The summed E-state index contributed by atoms with van der Waals surface area (Å²) in [5.74, 6) is -0.129. The van der Waals surface area contributed by atoms with Crippen molar-refractivity contribution in [2.75, 3.05) is 17.2 Å². The van der Waals surface area contributed by atoms with Crippen molar-refractivity contribution in [2.24, 2.45) is 0 Å². The van der Waals surface area contributed by atoms with Crippen LogP contribution in [0.25, 0.3) is 10.9 Å². The number of rotatable bonds is 4. The summed E-state index contributed by atoms with van der Waals surface area (Å²) in [7, 11) is 0. The van der Waals surface area contributed by atoms with E-state index in [-0.39, 0.29) is 11.6 Å². The molecule has 5 rings (SSSR count). The first-order chi connectivity index (χ1) is 14.5. The van der Waals surface area contributed by atoms with E-state index in [1.54, 1.807) is 0 Å². The van der Waals surface area contributed by atoms with Crippen molar-refractivity contribution in [1.29, 1.82) is 0 Å². The molecule has 2 heterocycles. The minimum absolute atomic E-state index is 0.0609. The van der Waals surface area contributed by atoms with E-state index in [1.807, 2.05) is 47.5 Å². The highest BCUT2D eigenvalue weighted by Gasteiger charge is 2.26. The molecule has 4 aromatic rings. The van der Waals surface area contributed by atoms with E-state index in [9.17, 15) is 14.4 Å². The Hall–Kier alpha value is -3.87. The lowest BCUT2D eigenvalue weighted by molar-refractivity contribution is 0.0952. The van der Waals surface area contributed by atoms with Crippen LogP contribution in [0, 0.1) is 0 Å². The molecule has 0 saturated carbocycles. The summed E-state index contributed by atoms with van der Waals surface area (Å²) in [5.41, 5.74) is 9.84. The number of nitrogen functional groups attached to an aromatic ring is 1. The Bertz CT molecular complexity index is 1360. The van der Waals surface area contributed by atoms with Crippen molar-refractivity contribution in [2.45, 2.75) is 19.5 Å². The zero-order valence-electron chi connectivity index (χ0n) is 16.2. The summed E-state index contributed by atoms with van der Waals surface area (Å²) in [6.07, 6.45) is 2.59. The van der Waals surface area contributed by atoms with E-state index < -0.39 is 10.9 Å². The maximum atomic E-state index is 12.7. The van der Waals surface area contributed by atoms with E-state index >= 15 is 0 Å². The molecule has 0 fully saturated rings. The molecule has 0 radical (unpaired) electrons. The molecule has 0 bridgehead atoms. The predicted molar refractivity (Wildman–Crippen MR) is 116 cm³/mol. The summed E-state index contributed by atoms with van der Waals surface area (Å²) in [6.45, 7) is 1.57. The molecule has 4 N–H and O–H groups in total. The van der Waals surface area contributed by atoms with Gasteiger partial charge in [-0.05, 0) is 41.3 Å². The van der Waals surface area contributed by atoms with Crippen LogP contribution in [0.4, 0.5) is 11.4 Å². The van der Waals surface area contributed by atoms with Crippen molar-refractivity contribution in [3.05, 3.63) is 91.4 Å². The summed E-state index contributed by atoms with van der Waals surface area (Å²) in [4.78, 5) is 41.0. The smallest absolute Gasteiger partial charge is 0.253 e. The summed E-state index contributed by atoms with van der Waals surface area (Å²) >= 11 is 0. The normalized spacial score (nSPS) is 13.5. The summed E-state index contributed by atoms with van der Waals surface area (Å²) in [5, 5.41) is 3.88. The lowest BCUT2D eigenvalue weighted by Crippen LogP contribution is -2.44. The Morgan fingerprint density at radius 2 is 1.97 bits per heavy atom. The maximum absolute atomic E-state index is 12.7. The Morgan fingerprint density at radius 3 is 2.80 bits per heavy atom. The third-order valence-corrected chi connectivity index (χ3v) is 5.81. The van der Waals surface area contributed by atoms with Gasteiger partial charge in [-0.25, -0.2) is 0 Å². The summed E-state index contributed by atoms with van der Waals surface area (Å²) in [6, 6.07) is 13.6. The maximum Gasteiger partial charge on any atom is 0.253 e. The standard InChI is InChI=1S/C23H20N4O3/c24-19-20(22(29)21(19)28)27-9-7-14-5-4-13(10-15(14)12-27)11-26-23(30)17-2-1-3-18-16(17)6-8-25-18/h1-6,8,10,25H,7,9,11-12,24H2,(H,26,30). The Kier molecular flexibility index (Phi) is 4.17. The van der Waals surface area contributed by atoms with Gasteiger partial charge in [-0.15, -0.1) is 0 Å². The van der Waals surface area contributed by atoms with Gasteiger partial charge in [0.15, 0.2) is 0 Å². The SMILES string of the molecule is Nc1c(N2CCc3ccc(CNC(=O)c4cccc5[nH]ccc45)cc3C2)c(=O)c1=O. The van der Waals surface area contributed by atoms with Crippen LogP contribution in [0.1, 0.15) is 27.0 Å². The Labute approximate surface area is 171 Å². The van der Waals surface area contributed by atoms with Gasteiger partial charge in [0.05, 0.1) is 0 Å². The van der Waals surface area contributed by atoms with Gasteiger partial charge in [-0.1, -0.05) is 24.3 Å². The average Bonchev–Trinajstić information content (AvgIpc) is 3.26. The number of aromatic nitrogens is 1. The molecule has 1 aromatic heterocycles. The van der Waals surface area contributed by atoms with Crippen LogP contribution in [0.2, 0.25) is 0 Å². The first kappa shape index (κ1) is 18.2. The van der Waals surface area contributed by atoms with Crippen LogP contribution in [-0.4, -0.2) is 17.4 Å². The number of aromatic amines is 1. The lowest BCUT2D eigenvalue weighted by atomic mass is 9.96. The number of carbonyl (C=O) groups excluding carboxylic acids is 1. The van der Waals surface area contributed by atoms with E-state index in [0.29, 0.717) is 30.9 Å². The largest absolute Gasteiger partial charge is 0.394 e. The van der Waals surface area contributed by atoms with E-state index in [1.165, 1.54) is 5.56 Å². The molecule has 7 nitrogen and oxygen atoms in total. The lowest BCUT2D eigenvalue weighted by Gasteiger charge is -2.32. The van der Waals surface area contributed by atoms with Crippen molar-refractivity contribution in [1.82, 2.24) is 10.3 Å². The van der Waals surface area contributed by atoms with Crippen molar-refractivity contribution in [3.63, 3.8) is 0 Å². The van der Waals surface area contributed by atoms with E-state index in [4.69, 9.17) is 5.73 Å². The molecule has 0 saturated heterocycles. The fourth-order valence-corrected chi connectivity index (χ4v) is 4.18. The molecule has 0 atom stereocenters. The van der Waals surface area contributed by atoms with Gasteiger partial charge in [0.2, 0.25) is 0 Å². The highest BCUT2D eigenvalue weighted by atomic mass is 16.2. The number of nitrogens with zero attached hydrogens (tertiary/aromatic N) is 1. The number of benzene rings is 2. The minimum atomic E-state index is -0.593. The van der Waals surface area contributed by atoms with E-state index in [2.05, 4.69) is 16.4 Å². The van der Waals surface area contributed by atoms with Crippen LogP contribution in [-0.2, 0) is 19.5 Å². The van der Waals surface area contributed by atoms with Gasteiger partial charge >= 0.3 is 0 Å². The molecule has 30 heavy (non-hydrogen) atoms. The molecule has 7 heteroatoms. The molecule has 150 valence electrons. The highest BCUT2D eigenvalue weighted by Crippen LogP contribution is 2.26. The fraction of sp³-hybridized carbons (Fsp3) is 0.174. The van der Waals surface area contributed by atoms with Gasteiger partial charge in [0.1, 0.15) is 11.4 Å². The van der Waals surface area contributed by atoms with Crippen LogP contribution in [0.3, 0.4) is 0 Å². The van der Waals surface area contributed by atoms with Crippen molar-refractivity contribution in [3.8, 4) is 0 Å². The fourth-order valence-electron chi connectivity index (χ4n) is 4.18. The average molecular weight is 400 g/mol. The first-order valence-corrected chi connectivity index (χ1v) is 9.81. The number of nitrogens with one attached hydrogen (secondary N) is 2. The number of fused-ring (bicyclic) bond motifs is 2. The second kappa shape index (κ2) is 6.88. The number of hydrogen-bond donors (Lipinski definition) is 3. The zero-order chi connectivity index (χ0) is 20.8. The minimum Gasteiger partial charge on any atom is -0.394 e. The van der Waals surface area contributed by atoms with Crippen LogP contribution >= 0.6 is 0 Å². The zero-order valence-corrected chi connectivity index (χ0v) is 16.2. The quantitative estimate of drug-likeness (QED) is 0.453. The molecule has 1 aliphatic heterocycles. The molecular weight excluding hydrogens is 380 g/mol. The van der Waals surface area contributed by atoms with Gasteiger partial charge in [-0.2, -0.15) is 0 Å². The van der Waals surface area contributed by atoms with Gasteiger partial charge < -0.3 is 20.9 Å². The molecule has 1 aliphatic rings. The number of amides is 1. The Morgan fingerprint density at radius 1 is 1.10 bits per heavy atom. The van der Waals surface area contributed by atoms with Crippen molar-refractivity contribution >= 4 is 28.2 Å². The topological polar surface area (TPSA) is 108 Å². The second-order valence-electron chi connectivity index (χ2n) is 7.62. The van der Waals surface area contributed by atoms with Crippen LogP contribution in [0.15, 0.2) is 58.3 Å².